The molecule has 0 spiro atoms. The Morgan fingerprint density at radius 1 is 1.67 bits per heavy atom. The number of rotatable bonds is 0. The molecule has 0 aromatic carbocycles. The summed E-state index contributed by atoms with van der Waals surface area (Å²) in [5, 5.41) is 3.27. The number of anilines is 1. The molecule has 0 bridgehead atoms. The topological polar surface area (TPSA) is 37.8 Å². The SMILES string of the molecule is CC1CNc2nc(Br)ncc2C1. The van der Waals surface area contributed by atoms with Crippen molar-refractivity contribution in [3.63, 3.8) is 0 Å². The number of halogens is 1. The fraction of sp³-hybridized carbons (Fsp3) is 0.500. The second-order valence-electron chi connectivity index (χ2n) is 3.20. The molecule has 0 aliphatic carbocycles. The van der Waals surface area contributed by atoms with Gasteiger partial charge in [-0.2, -0.15) is 0 Å². The molecule has 1 unspecified atom stereocenters. The van der Waals surface area contributed by atoms with Gasteiger partial charge in [-0.25, -0.2) is 9.97 Å². The normalized spacial score (nSPS) is 21.3. The highest BCUT2D eigenvalue weighted by atomic mass is 79.9. The van der Waals surface area contributed by atoms with Gasteiger partial charge in [-0.15, -0.1) is 0 Å². The molecule has 1 N–H and O–H groups in total. The van der Waals surface area contributed by atoms with Crippen LogP contribution in [0, 0.1) is 5.92 Å². The summed E-state index contributed by atoms with van der Waals surface area (Å²) in [6, 6.07) is 0. The average molecular weight is 228 g/mol. The summed E-state index contributed by atoms with van der Waals surface area (Å²) in [5.74, 6) is 1.66. The van der Waals surface area contributed by atoms with E-state index in [-0.39, 0.29) is 0 Å². The molecule has 1 atom stereocenters. The van der Waals surface area contributed by atoms with Crippen molar-refractivity contribution in [1.29, 1.82) is 0 Å². The maximum absolute atomic E-state index is 4.24. The Morgan fingerprint density at radius 2 is 2.50 bits per heavy atom. The van der Waals surface area contributed by atoms with Gasteiger partial charge in [0.1, 0.15) is 5.82 Å². The third kappa shape index (κ3) is 1.43. The van der Waals surface area contributed by atoms with Crippen molar-refractivity contribution >= 4 is 21.7 Å². The van der Waals surface area contributed by atoms with Gasteiger partial charge in [0.15, 0.2) is 4.73 Å². The minimum absolute atomic E-state index is 0.656. The van der Waals surface area contributed by atoms with Crippen LogP contribution in [0.4, 0.5) is 5.82 Å². The van der Waals surface area contributed by atoms with Crippen LogP contribution in [0.2, 0.25) is 0 Å². The van der Waals surface area contributed by atoms with Gasteiger partial charge in [0.05, 0.1) is 0 Å². The second-order valence-corrected chi connectivity index (χ2v) is 3.91. The van der Waals surface area contributed by atoms with Crippen molar-refractivity contribution in [3.05, 3.63) is 16.5 Å². The lowest BCUT2D eigenvalue weighted by molar-refractivity contribution is 0.588. The fourth-order valence-corrected chi connectivity index (χ4v) is 1.69. The van der Waals surface area contributed by atoms with E-state index in [0.717, 1.165) is 18.8 Å². The second kappa shape index (κ2) is 3.01. The molecule has 0 saturated carbocycles. The number of hydrogen-bond donors (Lipinski definition) is 1. The van der Waals surface area contributed by atoms with E-state index in [1.54, 1.807) is 0 Å². The minimum Gasteiger partial charge on any atom is -0.369 e. The van der Waals surface area contributed by atoms with Crippen molar-refractivity contribution < 1.29 is 0 Å². The number of aromatic nitrogens is 2. The van der Waals surface area contributed by atoms with Gasteiger partial charge in [-0.3, -0.25) is 0 Å². The molecule has 12 heavy (non-hydrogen) atoms. The van der Waals surface area contributed by atoms with Crippen molar-refractivity contribution in [2.45, 2.75) is 13.3 Å². The van der Waals surface area contributed by atoms with E-state index >= 15 is 0 Å². The molecule has 2 heterocycles. The van der Waals surface area contributed by atoms with Crippen LogP contribution in [0.3, 0.4) is 0 Å². The summed E-state index contributed by atoms with van der Waals surface area (Å²) in [7, 11) is 0. The zero-order valence-corrected chi connectivity index (χ0v) is 8.43. The summed E-state index contributed by atoms with van der Waals surface area (Å²) in [6.45, 7) is 3.23. The maximum Gasteiger partial charge on any atom is 0.198 e. The Hall–Kier alpha value is -0.640. The monoisotopic (exact) mass is 227 g/mol. The molecule has 1 aliphatic rings. The molecule has 4 heteroatoms. The standard InChI is InChI=1S/C8H10BrN3/c1-5-2-6-4-11-8(9)12-7(6)10-3-5/h4-5H,2-3H2,1H3,(H,10,11,12). The van der Waals surface area contributed by atoms with E-state index in [0.29, 0.717) is 10.7 Å². The Kier molecular flexibility index (Phi) is 2.00. The van der Waals surface area contributed by atoms with Gasteiger partial charge in [0.25, 0.3) is 0 Å². The number of nitrogens with zero attached hydrogens (tertiary/aromatic N) is 2. The van der Waals surface area contributed by atoms with Crippen LogP contribution in [0.5, 0.6) is 0 Å². The number of hydrogen-bond acceptors (Lipinski definition) is 3. The first-order valence-corrected chi connectivity index (χ1v) is 4.80. The van der Waals surface area contributed by atoms with Gasteiger partial charge in [-0.05, 0) is 28.3 Å². The summed E-state index contributed by atoms with van der Waals surface area (Å²) >= 11 is 3.24. The third-order valence-corrected chi connectivity index (χ3v) is 2.40. The highest BCUT2D eigenvalue weighted by Crippen LogP contribution is 2.22. The maximum atomic E-state index is 4.24. The van der Waals surface area contributed by atoms with Crippen molar-refractivity contribution in [3.8, 4) is 0 Å². The van der Waals surface area contributed by atoms with Crippen LogP contribution in [-0.2, 0) is 6.42 Å². The predicted molar refractivity (Wildman–Crippen MR) is 51.1 cm³/mol. The van der Waals surface area contributed by atoms with E-state index < -0.39 is 0 Å². The highest BCUT2D eigenvalue weighted by Gasteiger charge is 2.15. The molecule has 0 fully saturated rings. The molecule has 1 aromatic heterocycles. The van der Waals surface area contributed by atoms with Crippen molar-refractivity contribution in [1.82, 2.24) is 9.97 Å². The molecule has 0 saturated heterocycles. The van der Waals surface area contributed by atoms with Crippen LogP contribution in [0.1, 0.15) is 12.5 Å². The molecule has 1 aliphatic heterocycles. The van der Waals surface area contributed by atoms with Crippen LogP contribution < -0.4 is 5.32 Å². The third-order valence-electron chi connectivity index (χ3n) is 2.02. The lowest BCUT2D eigenvalue weighted by Gasteiger charge is -2.21. The van der Waals surface area contributed by atoms with Crippen LogP contribution in [0.25, 0.3) is 0 Å². The highest BCUT2D eigenvalue weighted by molar-refractivity contribution is 9.10. The number of fused-ring (bicyclic) bond motifs is 1. The minimum atomic E-state index is 0.656. The molecule has 1 aromatic rings. The van der Waals surface area contributed by atoms with Gasteiger partial charge >= 0.3 is 0 Å². The summed E-state index contributed by atoms with van der Waals surface area (Å²) < 4.78 is 0.656. The van der Waals surface area contributed by atoms with Gasteiger partial charge in [0.2, 0.25) is 0 Å². The zero-order chi connectivity index (χ0) is 8.55. The molecular formula is C8H10BrN3. The average Bonchev–Trinajstić information content (AvgIpc) is 2.05. The first kappa shape index (κ1) is 7.98. The van der Waals surface area contributed by atoms with Crippen molar-refractivity contribution in [2.24, 2.45) is 5.92 Å². The molecule has 0 radical (unpaired) electrons. The lowest BCUT2D eigenvalue weighted by Crippen LogP contribution is -2.21. The summed E-state index contributed by atoms with van der Waals surface area (Å²) in [4.78, 5) is 8.34. The molecule has 3 nitrogen and oxygen atoms in total. The Balaban J connectivity index is 2.37. The number of nitrogens with one attached hydrogen (secondary N) is 1. The first-order valence-electron chi connectivity index (χ1n) is 4.01. The van der Waals surface area contributed by atoms with E-state index in [4.69, 9.17) is 0 Å². The lowest BCUT2D eigenvalue weighted by atomic mass is 9.99. The van der Waals surface area contributed by atoms with Crippen LogP contribution in [-0.4, -0.2) is 16.5 Å². The van der Waals surface area contributed by atoms with E-state index in [1.165, 1.54) is 5.56 Å². The molecule has 64 valence electrons. The Labute approximate surface area is 79.7 Å². The van der Waals surface area contributed by atoms with Crippen LogP contribution in [0.15, 0.2) is 10.9 Å². The molecule has 2 rings (SSSR count). The quantitative estimate of drug-likeness (QED) is 0.688. The molecule has 0 amide bonds. The van der Waals surface area contributed by atoms with E-state index in [1.807, 2.05) is 6.20 Å². The predicted octanol–water partition coefficient (Wildman–Crippen LogP) is 1.84. The summed E-state index contributed by atoms with van der Waals surface area (Å²) in [6.07, 6.45) is 2.96. The fourth-order valence-electron chi connectivity index (χ4n) is 1.41. The first-order chi connectivity index (χ1) is 5.75. The van der Waals surface area contributed by atoms with E-state index in [2.05, 4.69) is 38.1 Å². The Morgan fingerprint density at radius 3 is 3.33 bits per heavy atom. The van der Waals surface area contributed by atoms with Gasteiger partial charge in [-0.1, -0.05) is 6.92 Å². The van der Waals surface area contributed by atoms with Crippen LogP contribution >= 0.6 is 15.9 Å². The van der Waals surface area contributed by atoms with Crippen molar-refractivity contribution in [2.75, 3.05) is 11.9 Å². The van der Waals surface area contributed by atoms with E-state index in [9.17, 15) is 0 Å². The smallest absolute Gasteiger partial charge is 0.198 e. The zero-order valence-electron chi connectivity index (χ0n) is 6.84. The van der Waals surface area contributed by atoms with Gasteiger partial charge < -0.3 is 5.32 Å². The Bertz CT molecular complexity index is 300. The molecular weight excluding hydrogens is 218 g/mol. The summed E-state index contributed by atoms with van der Waals surface area (Å²) in [5.41, 5.74) is 1.22. The van der Waals surface area contributed by atoms with Gasteiger partial charge in [0, 0.05) is 18.3 Å². The largest absolute Gasteiger partial charge is 0.369 e.